The molecule has 1 aromatic carbocycles. The van der Waals surface area contributed by atoms with Gasteiger partial charge >= 0.3 is 0 Å². The van der Waals surface area contributed by atoms with Gasteiger partial charge in [0.25, 0.3) is 5.91 Å². The number of sulfonamides is 1. The third kappa shape index (κ3) is 3.92. The number of carbonyl (C=O) groups is 1. The maximum atomic E-state index is 12.5. The number of amides is 1. The van der Waals surface area contributed by atoms with Crippen LogP contribution in [0.3, 0.4) is 0 Å². The van der Waals surface area contributed by atoms with Crippen LogP contribution in [0.2, 0.25) is 0 Å². The van der Waals surface area contributed by atoms with Crippen LogP contribution in [0.4, 0.5) is 10.8 Å². The Labute approximate surface area is 160 Å². The second-order valence-corrected chi connectivity index (χ2v) is 9.99. The Balaban J connectivity index is 1.77. The van der Waals surface area contributed by atoms with E-state index in [0.717, 1.165) is 15.7 Å². The number of rotatable bonds is 6. The first-order valence-corrected chi connectivity index (χ1v) is 11.5. The van der Waals surface area contributed by atoms with E-state index >= 15 is 0 Å². The maximum absolute atomic E-state index is 12.5. The number of benzene rings is 1. The average Bonchev–Trinajstić information content (AvgIpc) is 3.14. The second-order valence-electron chi connectivity index (χ2n) is 5.88. The van der Waals surface area contributed by atoms with Crippen LogP contribution in [0, 0.1) is 0 Å². The van der Waals surface area contributed by atoms with Crippen LogP contribution in [0.5, 0.6) is 0 Å². The van der Waals surface area contributed by atoms with E-state index in [1.54, 1.807) is 24.3 Å². The number of nitrogens with one attached hydrogen (secondary N) is 1. The lowest BCUT2D eigenvalue weighted by molar-refractivity contribution is 0.102. The number of aromatic nitrogens is 2. The number of anilines is 2. The molecule has 26 heavy (non-hydrogen) atoms. The van der Waals surface area contributed by atoms with E-state index in [4.69, 9.17) is 0 Å². The van der Waals surface area contributed by atoms with Gasteiger partial charge in [0.1, 0.15) is 0 Å². The summed E-state index contributed by atoms with van der Waals surface area (Å²) in [4.78, 5) is 12.5. The van der Waals surface area contributed by atoms with Crippen molar-refractivity contribution < 1.29 is 13.2 Å². The Bertz CT molecular complexity index is 955. The maximum Gasteiger partial charge on any atom is 0.257 e. The fourth-order valence-corrected chi connectivity index (χ4v) is 5.64. The lowest BCUT2D eigenvalue weighted by Gasteiger charge is -2.21. The third-order valence-electron chi connectivity index (χ3n) is 3.80. The molecule has 1 amide bonds. The summed E-state index contributed by atoms with van der Waals surface area (Å²) in [6.45, 7) is 5.50. The van der Waals surface area contributed by atoms with E-state index in [1.165, 1.54) is 33.7 Å². The molecule has 0 saturated carbocycles. The van der Waals surface area contributed by atoms with E-state index in [2.05, 4.69) is 22.1 Å². The molecule has 2 aromatic rings. The Morgan fingerprint density at radius 3 is 2.96 bits per heavy atom. The summed E-state index contributed by atoms with van der Waals surface area (Å²) in [5, 5.41) is 11.1. The summed E-state index contributed by atoms with van der Waals surface area (Å²) in [6, 6.07) is 4.88. The van der Waals surface area contributed by atoms with Crippen LogP contribution in [0.15, 0.2) is 35.2 Å². The molecule has 2 heterocycles. The molecule has 1 N–H and O–H groups in total. The quantitative estimate of drug-likeness (QED) is 0.447. The Kier molecular flexibility index (Phi) is 5.35. The van der Waals surface area contributed by atoms with Gasteiger partial charge in [-0.15, -0.1) is 16.8 Å². The van der Waals surface area contributed by atoms with Crippen LogP contribution >= 0.6 is 23.1 Å². The summed E-state index contributed by atoms with van der Waals surface area (Å²) in [5.74, 6) is 0.428. The molecular weight excluding hydrogens is 392 g/mol. The van der Waals surface area contributed by atoms with Crippen molar-refractivity contribution >= 4 is 49.8 Å². The van der Waals surface area contributed by atoms with Gasteiger partial charge in [0, 0.05) is 17.4 Å². The number of hydrogen-bond donors (Lipinski definition) is 1. The van der Waals surface area contributed by atoms with Gasteiger partial charge in [-0.25, -0.2) is 8.42 Å². The van der Waals surface area contributed by atoms with Crippen molar-refractivity contribution in [2.75, 3.05) is 21.6 Å². The minimum Gasteiger partial charge on any atom is -0.296 e. The van der Waals surface area contributed by atoms with Crippen LogP contribution < -0.4 is 9.62 Å². The predicted molar refractivity (Wildman–Crippen MR) is 106 cm³/mol. The van der Waals surface area contributed by atoms with Crippen LogP contribution in [0.25, 0.3) is 0 Å². The highest BCUT2D eigenvalue weighted by molar-refractivity contribution is 8.01. The summed E-state index contributed by atoms with van der Waals surface area (Å²) >= 11 is 2.80. The van der Waals surface area contributed by atoms with Gasteiger partial charge in [0.2, 0.25) is 15.2 Å². The zero-order valence-electron chi connectivity index (χ0n) is 14.3. The van der Waals surface area contributed by atoms with Crippen LogP contribution in [-0.4, -0.2) is 42.6 Å². The highest BCUT2D eigenvalue weighted by Crippen LogP contribution is 2.35. The van der Waals surface area contributed by atoms with Gasteiger partial charge in [-0.1, -0.05) is 29.2 Å². The topological polar surface area (TPSA) is 92.3 Å². The smallest absolute Gasteiger partial charge is 0.257 e. The van der Waals surface area contributed by atoms with Gasteiger partial charge in [-0.2, -0.15) is 0 Å². The van der Waals surface area contributed by atoms with Gasteiger partial charge < -0.3 is 0 Å². The number of nitrogens with zero attached hydrogens (tertiary/aromatic N) is 3. The molecule has 1 aliphatic heterocycles. The molecule has 0 fully saturated rings. The minimum atomic E-state index is -3.34. The lowest BCUT2D eigenvalue weighted by atomic mass is 10.1. The van der Waals surface area contributed by atoms with E-state index < -0.39 is 10.0 Å². The largest absolute Gasteiger partial charge is 0.296 e. The second kappa shape index (κ2) is 7.37. The highest BCUT2D eigenvalue weighted by atomic mass is 32.2. The Morgan fingerprint density at radius 1 is 1.50 bits per heavy atom. The first-order valence-electron chi connectivity index (χ1n) is 7.80. The average molecular weight is 411 g/mol. The van der Waals surface area contributed by atoms with Gasteiger partial charge in [-0.05, 0) is 37.1 Å². The molecule has 1 aromatic heterocycles. The van der Waals surface area contributed by atoms with Crippen molar-refractivity contribution in [2.24, 2.45) is 0 Å². The fraction of sp³-hybridized carbons (Fsp3) is 0.312. The van der Waals surface area contributed by atoms with Crippen molar-refractivity contribution in [3.05, 3.63) is 42.0 Å². The molecule has 0 saturated heterocycles. The van der Waals surface area contributed by atoms with Crippen molar-refractivity contribution in [2.45, 2.75) is 23.7 Å². The zero-order chi connectivity index (χ0) is 18.9. The Hall–Kier alpha value is -1.91. The first kappa shape index (κ1) is 18.9. The lowest BCUT2D eigenvalue weighted by Crippen LogP contribution is -2.34. The summed E-state index contributed by atoms with van der Waals surface area (Å²) in [5.41, 5.74) is 1.94. The van der Waals surface area contributed by atoms with Crippen molar-refractivity contribution in [3.63, 3.8) is 0 Å². The van der Waals surface area contributed by atoms with Crippen molar-refractivity contribution in [1.82, 2.24) is 10.2 Å². The molecule has 0 radical (unpaired) electrons. The van der Waals surface area contributed by atoms with Crippen LogP contribution in [-0.2, 0) is 16.4 Å². The highest BCUT2D eigenvalue weighted by Gasteiger charge is 2.32. The predicted octanol–water partition coefficient (Wildman–Crippen LogP) is 2.78. The van der Waals surface area contributed by atoms with Gasteiger partial charge in [0.05, 0.1) is 11.9 Å². The number of fused-ring (bicyclic) bond motifs is 1. The SMILES string of the molecule is C=CCSc1nnc(NC(=O)c2ccc3c(c2)CC(C)N3S(C)(=O)=O)s1. The number of carbonyl (C=O) groups excluding carboxylic acids is 1. The van der Waals surface area contributed by atoms with E-state index in [0.29, 0.717) is 22.8 Å². The molecule has 0 spiro atoms. The molecular formula is C16H18N4O3S3. The minimum absolute atomic E-state index is 0.161. The molecule has 1 atom stereocenters. The van der Waals surface area contributed by atoms with E-state index in [-0.39, 0.29) is 11.9 Å². The Morgan fingerprint density at radius 2 is 2.27 bits per heavy atom. The molecule has 0 aliphatic carbocycles. The third-order valence-corrected chi connectivity index (χ3v) is 7.04. The number of thioether (sulfide) groups is 1. The first-order chi connectivity index (χ1) is 12.3. The van der Waals surface area contributed by atoms with Crippen LogP contribution in [0.1, 0.15) is 22.8 Å². The summed E-state index contributed by atoms with van der Waals surface area (Å²) in [6.07, 6.45) is 3.54. The molecule has 0 bridgehead atoms. The normalized spacial score (nSPS) is 16.4. The summed E-state index contributed by atoms with van der Waals surface area (Å²) < 4.78 is 26.1. The molecule has 1 aliphatic rings. The molecule has 10 heteroatoms. The summed E-state index contributed by atoms with van der Waals surface area (Å²) in [7, 11) is -3.34. The van der Waals surface area contributed by atoms with Crippen molar-refractivity contribution in [1.29, 1.82) is 0 Å². The molecule has 3 rings (SSSR count). The molecule has 1 unspecified atom stereocenters. The molecule has 7 nitrogen and oxygen atoms in total. The molecule has 138 valence electrons. The zero-order valence-corrected chi connectivity index (χ0v) is 16.7. The number of hydrogen-bond acceptors (Lipinski definition) is 7. The van der Waals surface area contributed by atoms with Gasteiger partial charge in [-0.3, -0.25) is 14.4 Å². The van der Waals surface area contributed by atoms with Crippen molar-refractivity contribution in [3.8, 4) is 0 Å². The van der Waals surface area contributed by atoms with E-state index in [9.17, 15) is 13.2 Å². The fourth-order valence-electron chi connectivity index (χ4n) is 2.87. The van der Waals surface area contributed by atoms with E-state index in [1.807, 2.05) is 6.92 Å². The van der Waals surface area contributed by atoms with Gasteiger partial charge in [0.15, 0.2) is 4.34 Å². The monoisotopic (exact) mass is 410 g/mol. The standard InChI is InChI=1S/C16H18N4O3S3/c1-4-7-24-16-19-18-15(25-16)17-14(21)11-5-6-13-12(9-11)8-10(2)20(13)26(3,22)23/h4-6,9-10H,1,7-8H2,2-3H3,(H,17,18,21).